The Morgan fingerprint density at radius 1 is 1.06 bits per heavy atom. The number of hydrogen-bond acceptors (Lipinski definition) is 6. The fourth-order valence-corrected chi connectivity index (χ4v) is 0.575. The van der Waals surface area contributed by atoms with Gasteiger partial charge in [-0.25, -0.2) is 0 Å². The molecule has 0 amide bonds. The quantitative estimate of drug-likeness (QED) is 0.544. The van der Waals surface area contributed by atoms with E-state index in [1.54, 1.807) is 0 Å². The Morgan fingerprint density at radius 3 is 1.50 bits per heavy atom. The Balaban J connectivity index is -0.000000188. The van der Waals surface area contributed by atoms with Crippen LogP contribution in [0.2, 0.25) is 0 Å². The summed E-state index contributed by atoms with van der Waals surface area (Å²) in [6.07, 6.45) is -0.991. The molecule has 16 heavy (non-hydrogen) atoms. The van der Waals surface area contributed by atoms with Crippen LogP contribution in [-0.4, -0.2) is 60.9 Å². The van der Waals surface area contributed by atoms with Gasteiger partial charge in [-0.2, -0.15) is 0 Å². The minimum absolute atomic E-state index is 0.0370. The van der Waals surface area contributed by atoms with Crippen LogP contribution < -0.4 is 0 Å². The summed E-state index contributed by atoms with van der Waals surface area (Å²) in [5.41, 5.74) is 0. The van der Waals surface area contributed by atoms with Gasteiger partial charge in [-0.3, -0.25) is 0 Å². The zero-order valence-corrected chi connectivity index (χ0v) is 10.3. The molecule has 0 heterocycles. The number of aliphatic hydroxyl groups is 3. The summed E-state index contributed by atoms with van der Waals surface area (Å²) in [6.45, 7) is 8.52. The minimum Gasteiger partial charge on any atom is -0.394 e. The van der Waals surface area contributed by atoms with Crippen LogP contribution in [-0.2, 0) is 14.3 Å². The third-order valence-corrected chi connectivity index (χ3v) is 1.22. The molecule has 0 saturated heterocycles. The second kappa shape index (κ2) is 20.0. The molecule has 6 heteroatoms. The lowest BCUT2D eigenvalue weighted by atomic mass is 10.4. The van der Waals surface area contributed by atoms with Gasteiger partial charge in [-0.1, -0.05) is 0 Å². The van der Waals surface area contributed by atoms with Gasteiger partial charge in [0.1, 0.15) is 12.9 Å². The fourth-order valence-electron chi connectivity index (χ4n) is 0.575. The monoisotopic (exact) mass is 240 g/mol. The Morgan fingerprint density at radius 2 is 1.38 bits per heavy atom. The Kier molecular flexibility index (Phi) is 26.0. The van der Waals surface area contributed by atoms with Gasteiger partial charge in [0.2, 0.25) is 0 Å². The molecule has 0 aliphatic carbocycles. The lowest BCUT2D eigenvalue weighted by Gasteiger charge is -2.09. The van der Waals surface area contributed by atoms with E-state index in [4.69, 9.17) is 29.6 Å². The number of aliphatic hydroxyl groups excluding tert-OH is 3. The van der Waals surface area contributed by atoms with Gasteiger partial charge in [0.25, 0.3) is 0 Å². The largest absolute Gasteiger partial charge is 0.394 e. The SMILES string of the molecule is C=O.CCOC(C)OCC.OCC(O)CO. The van der Waals surface area contributed by atoms with Crippen molar-refractivity contribution in [3.63, 3.8) is 0 Å². The summed E-state index contributed by atoms with van der Waals surface area (Å²) in [6, 6.07) is 0. The number of rotatable bonds is 6. The van der Waals surface area contributed by atoms with Gasteiger partial charge in [0.05, 0.1) is 13.2 Å². The van der Waals surface area contributed by atoms with Crippen molar-refractivity contribution in [2.75, 3.05) is 26.4 Å². The first-order valence-electron chi connectivity index (χ1n) is 5.04. The average molecular weight is 240 g/mol. The van der Waals surface area contributed by atoms with Gasteiger partial charge in [-0.15, -0.1) is 0 Å². The molecule has 0 spiro atoms. The molecular formula is C10H24O6. The molecule has 0 aromatic carbocycles. The van der Waals surface area contributed by atoms with E-state index < -0.39 is 6.10 Å². The maximum absolute atomic E-state index is 8.17. The Labute approximate surface area is 96.8 Å². The Bertz CT molecular complexity index is 101. The molecule has 0 radical (unpaired) electrons. The topological polar surface area (TPSA) is 96.2 Å². The zero-order chi connectivity index (χ0) is 13.4. The molecule has 0 atom stereocenters. The molecule has 0 bridgehead atoms. The summed E-state index contributed by atoms with van der Waals surface area (Å²) in [5, 5.41) is 24.0. The number of carbonyl (C=O) groups is 1. The van der Waals surface area contributed by atoms with Gasteiger partial charge in [0.15, 0.2) is 6.29 Å². The van der Waals surface area contributed by atoms with Gasteiger partial charge in [-0.05, 0) is 20.8 Å². The van der Waals surface area contributed by atoms with Crippen LogP contribution in [0, 0.1) is 0 Å². The second-order valence-electron chi connectivity index (χ2n) is 2.50. The molecule has 0 aromatic rings. The normalized spacial score (nSPS) is 9.25. The van der Waals surface area contributed by atoms with E-state index in [9.17, 15) is 0 Å². The van der Waals surface area contributed by atoms with Crippen LogP contribution in [0.3, 0.4) is 0 Å². The van der Waals surface area contributed by atoms with Gasteiger partial charge < -0.3 is 29.6 Å². The van der Waals surface area contributed by atoms with Crippen LogP contribution in [0.15, 0.2) is 0 Å². The first kappa shape index (κ1) is 20.8. The second-order valence-corrected chi connectivity index (χ2v) is 2.50. The smallest absolute Gasteiger partial charge is 0.154 e. The summed E-state index contributed by atoms with van der Waals surface area (Å²) >= 11 is 0. The lowest BCUT2D eigenvalue weighted by molar-refractivity contribution is -0.123. The highest BCUT2D eigenvalue weighted by Crippen LogP contribution is 1.90. The van der Waals surface area contributed by atoms with Crippen molar-refractivity contribution in [1.29, 1.82) is 0 Å². The predicted molar refractivity (Wildman–Crippen MR) is 60.0 cm³/mol. The van der Waals surface area contributed by atoms with E-state index in [0.29, 0.717) is 0 Å². The maximum atomic E-state index is 8.17. The standard InChI is InChI=1S/C6H14O2.C3H8O3.CH2O/c1-4-7-6(3)8-5-2;4-1-3(6)2-5;1-2/h6H,4-5H2,1-3H3;3-6H,1-2H2;1H2. The van der Waals surface area contributed by atoms with Crippen molar-refractivity contribution in [2.45, 2.75) is 33.2 Å². The highest BCUT2D eigenvalue weighted by atomic mass is 16.7. The van der Waals surface area contributed by atoms with Gasteiger partial charge >= 0.3 is 0 Å². The number of ether oxygens (including phenoxy) is 2. The molecule has 0 aliphatic rings. The van der Waals surface area contributed by atoms with Crippen LogP contribution in [0.4, 0.5) is 0 Å². The fraction of sp³-hybridized carbons (Fsp3) is 0.900. The summed E-state index contributed by atoms with van der Waals surface area (Å²) in [7, 11) is 0. The number of hydrogen-bond donors (Lipinski definition) is 3. The van der Waals surface area contributed by atoms with Crippen LogP contribution >= 0.6 is 0 Å². The lowest BCUT2D eigenvalue weighted by Crippen LogP contribution is -2.15. The van der Waals surface area contributed by atoms with Gasteiger partial charge in [0, 0.05) is 13.2 Å². The molecule has 0 rings (SSSR count). The first-order valence-corrected chi connectivity index (χ1v) is 5.04. The van der Waals surface area contributed by atoms with Crippen LogP contribution in [0.25, 0.3) is 0 Å². The van der Waals surface area contributed by atoms with E-state index in [2.05, 4.69) is 0 Å². The number of carbonyl (C=O) groups excluding carboxylic acids is 1. The zero-order valence-electron chi connectivity index (χ0n) is 10.3. The van der Waals surface area contributed by atoms with Crippen molar-refractivity contribution in [2.24, 2.45) is 0 Å². The molecule has 0 fully saturated rings. The molecule has 0 unspecified atom stereocenters. The molecule has 100 valence electrons. The molecule has 0 aliphatic heterocycles. The molecular weight excluding hydrogens is 216 g/mol. The first-order chi connectivity index (χ1) is 7.62. The van der Waals surface area contributed by atoms with Crippen LogP contribution in [0.1, 0.15) is 20.8 Å². The predicted octanol–water partition coefficient (Wildman–Crippen LogP) is -0.448. The van der Waals surface area contributed by atoms with Crippen molar-refractivity contribution in [3.8, 4) is 0 Å². The average Bonchev–Trinajstić information content (AvgIpc) is 2.32. The third kappa shape index (κ3) is 23.4. The van der Waals surface area contributed by atoms with Crippen molar-refractivity contribution in [1.82, 2.24) is 0 Å². The molecule has 6 nitrogen and oxygen atoms in total. The molecule has 0 aromatic heterocycles. The Hall–Kier alpha value is -0.530. The molecule has 3 N–H and O–H groups in total. The van der Waals surface area contributed by atoms with E-state index in [1.165, 1.54) is 0 Å². The summed E-state index contributed by atoms with van der Waals surface area (Å²) in [5.74, 6) is 0. The highest BCUT2D eigenvalue weighted by Gasteiger charge is 1.95. The maximum Gasteiger partial charge on any atom is 0.154 e. The van der Waals surface area contributed by atoms with E-state index in [1.807, 2.05) is 27.6 Å². The minimum atomic E-state index is -0.954. The van der Waals surface area contributed by atoms with E-state index in [0.717, 1.165) is 13.2 Å². The van der Waals surface area contributed by atoms with E-state index >= 15 is 0 Å². The van der Waals surface area contributed by atoms with Crippen molar-refractivity contribution < 1.29 is 29.6 Å². The van der Waals surface area contributed by atoms with Crippen molar-refractivity contribution in [3.05, 3.63) is 0 Å². The van der Waals surface area contributed by atoms with Crippen molar-refractivity contribution >= 4 is 6.79 Å². The molecule has 0 saturated carbocycles. The van der Waals surface area contributed by atoms with E-state index in [-0.39, 0.29) is 19.5 Å². The third-order valence-electron chi connectivity index (χ3n) is 1.22. The summed E-state index contributed by atoms with van der Waals surface area (Å²) in [4.78, 5) is 8.00. The highest BCUT2D eigenvalue weighted by molar-refractivity contribution is 5.10. The summed E-state index contributed by atoms with van der Waals surface area (Å²) < 4.78 is 10.1. The van der Waals surface area contributed by atoms with Crippen LogP contribution in [0.5, 0.6) is 0 Å².